The lowest BCUT2D eigenvalue weighted by atomic mass is 10.0. The van der Waals surface area contributed by atoms with Crippen LogP contribution in [0.5, 0.6) is 0 Å². The van der Waals surface area contributed by atoms with Gasteiger partial charge in [0.05, 0.1) is 6.61 Å². The minimum atomic E-state index is -4.30. The summed E-state index contributed by atoms with van der Waals surface area (Å²) in [6.07, 6.45) is -2.28. The van der Waals surface area contributed by atoms with Crippen LogP contribution in [0.15, 0.2) is 0 Å². The molecule has 0 spiro atoms. The van der Waals surface area contributed by atoms with Crippen molar-refractivity contribution in [2.24, 2.45) is 11.7 Å². The van der Waals surface area contributed by atoms with Crippen molar-refractivity contribution < 1.29 is 17.9 Å². The second-order valence-corrected chi connectivity index (χ2v) is 5.15. The van der Waals surface area contributed by atoms with E-state index in [-0.39, 0.29) is 19.2 Å². The zero-order valence-corrected chi connectivity index (χ0v) is 11.2. The topological polar surface area (TPSA) is 38.5 Å². The SMILES string of the molecule is COCCN(C(C)C1CC1)C(C(C)N)C(F)(F)F. The molecule has 1 rings (SSSR count). The summed E-state index contributed by atoms with van der Waals surface area (Å²) in [6, 6.07) is -2.64. The Labute approximate surface area is 106 Å². The van der Waals surface area contributed by atoms with Gasteiger partial charge in [-0.2, -0.15) is 13.2 Å². The van der Waals surface area contributed by atoms with Crippen molar-refractivity contribution in [1.82, 2.24) is 4.90 Å². The first-order valence-corrected chi connectivity index (χ1v) is 6.36. The number of alkyl halides is 3. The summed E-state index contributed by atoms with van der Waals surface area (Å²) in [6.45, 7) is 3.82. The Kier molecular flexibility index (Phi) is 5.43. The van der Waals surface area contributed by atoms with E-state index in [1.807, 2.05) is 6.92 Å². The highest BCUT2D eigenvalue weighted by atomic mass is 19.4. The Hall–Kier alpha value is -0.330. The maximum absolute atomic E-state index is 13.1. The van der Waals surface area contributed by atoms with Gasteiger partial charge in [0.25, 0.3) is 0 Å². The molecule has 0 aromatic heterocycles. The lowest BCUT2D eigenvalue weighted by Crippen LogP contribution is -2.58. The molecule has 2 N–H and O–H groups in total. The summed E-state index contributed by atoms with van der Waals surface area (Å²) in [7, 11) is 1.49. The van der Waals surface area contributed by atoms with Gasteiger partial charge in [-0.1, -0.05) is 0 Å². The van der Waals surface area contributed by atoms with Crippen molar-refractivity contribution >= 4 is 0 Å². The number of methoxy groups -OCH3 is 1. The summed E-state index contributed by atoms with van der Waals surface area (Å²) < 4.78 is 44.3. The van der Waals surface area contributed by atoms with E-state index in [4.69, 9.17) is 10.5 Å². The van der Waals surface area contributed by atoms with E-state index in [1.54, 1.807) is 0 Å². The molecule has 3 atom stereocenters. The second kappa shape index (κ2) is 6.21. The Morgan fingerprint density at radius 3 is 2.22 bits per heavy atom. The molecule has 0 amide bonds. The standard InChI is InChI=1S/C12H23F3N2O/c1-8(16)11(12(13,14)15)17(6-7-18-3)9(2)10-4-5-10/h8-11H,4-7,16H2,1-3H3. The van der Waals surface area contributed by atoms with Crippen molar-refractivity contribution in [3.05, 3.63) is 0 Å². The average Bonchev–Trinajstić information content (AvgIpc) is 3.03. The predicted molar refractivity (Wildman–Crippen MR) is 64.3 cm³/mol. The summed E-state index contributed by atoms with van der Waals surface area (Å²) in [5.74, 6) is 0.366. The van der Waals surface area contributed by atoms with Crippen LogP contribution in [-0.2, 0) is 4.74 Å². The van der Waals surface area contributed by atoms with Gasteiger partial charge in [-0.25, -0.2) is 0 Å². The molecule has 0 heterocycles. The van der Waals surface area contributed by atoms with Crippen LogP contribution in [0.3, 0.4) is 0 Å². The number of halogens is 3. The van der Waals surface area contributed by atoms with Crippen LogP contribution in [0, 0.1) is 5.92 Å². The Balaban J connectivity index is 2.82. The van der Waals surface area contributed by atoms with E-state index >= 15 is 0 Å². The van der Waals surface area contributed by atoms with Crippen LogP contribution < -0.4 is 5.73 Å². The molecule has 0 radical (unpaired) electrons. The molecule has 3 unspecified atom stereocenters. The van der Waals surface area contributed by atoms with E-state index < -0.39 is 18.3 Å². The number of nitrogens with two attached hydrogens (primary N) is 1. The van der Waals surface area contributed by atoms with Gasteiger partial charge in [0.1, 0.15) is 6.04 Å². The summed E-state index contributed by atoms with van der Waals surface area (Å²) in [4.78, 5) is 1.46. The number of rotatable bonds is 7. The molecule has 1 saturated carbocycles. The first kappa shape index (κ1) is 15.7. The zero-order chi connectivity index (χ0) is 13.9. The maximum Gasteiger partial charge on any atom is 0.405 e. The monoisotopic (exact) mass is 268 g/mol. The van der Waals surface area contributed by atoms with E-state index in [2.05, 4.69) is 0 Å². The molecule has 1 aliphatic carbocycles. The minimum absolute atomic E-state index is 0.0993. The summed E-state index contributed by atoms with van der Waals surface area (Å²) in [5.41, 5.74) is 5.55. The third kappa shape index (κ3) is 4.10. The molecular weight excluding hydrogens is 245 g/mol. The van der Waals surface area contributed by atoms with Crippen molar-refractivity contribution in [2.45, 2.75) is 51.0 Å². The molecule has 6 heteroatoms. The smallest absolute Gasteiger partial charge is 0.383 e. The van der Waals surface area contributed by atoms with E-state index in [9.17, 15) is 13.2 Å². The molecule has 0 bridgehead atoms. The van der Waals surface area contributed by atoms with Crippen molar-refractivity contribution in [3.8, 4) is 0 Å². The van der Waals surface area contributed by atoms with Gasteiger partial charge in [-0.15, -0.1) is 0 Å². The Morgan fingerprint density at radius 1 is 1.33 bits per heavy atom. The van der Waals surface area contributed by atoms with E-state index in [1.165, 1.54) is 18.9 Å². The fourth-order valence-electron chi connectivity index (χ4n) is 2.43. The molecule has 0 aromatic rings. The third-order valence-corrected chi connectivity index (χ3v) is 3.57. The molecule has 18 heavy (non-hydrogen) atoms. The lowest BCUT2D eigenvalue weighted by molar-refractivity contribution is -0.195. The maximum atomic E-state index is 13.1. The normalized spacial score (nSPS) is 22.0. The summed E-state index contributed by atoms with van der Waals surface area (Å²) >= 11 is 0. The Morgan fingerprint density at radius 2 is 1.89 bits per heavy atom. The van der Waals surface area contributed by atoms with Crippen LogP contribution in [0.25, 0.3) is 0 Å². The highest BCUT2D eigenvalue weighted by molar-refractivity contribution is 4.93. The van der Waals surface area contributed by atoms with Crippen LogP contribution in [-0.4, -0.2) is 49.5 Å². The molecule has 1 aliphatic rings. The predicted octanol–water partition coefficient (Wildman–Crippen LogP) is 2.01. The highest BCUT2D eigenvalue weighted by Crippen LogP contribution is 2.38. The van der Waals surface area contributed by atoms with Crippen LogP contribution in [0.4, 0.5) is 13.2 Å². The van der Waals surface area contributed by atoms with Crippen molar-refractivity contribution in [3.63, 3.8) is 0 Å². The van der Waals surface area contributed by atoms with E-state index in [0.717, 1.165) is 12.8 Å². The van der Waals surface area contributed by atoms with Gasteiger partial charge in [-0.3, -0.25) is 4.90 Å². The van der Waals surface area contributed by atoms with Crippen LogP contribution in [0.2, 0.25) is 0 Å². The number of ether oxygens (including phenoxy) is 1. The molecule has 108 valence electrons. The zero-order valence-electron chi connectivity index (χ0n) is 11.2. The minimum Gasteiger partial charge on any atom is -0.383 e. The third-order valence-electron chi connectivity index (χ3n) is 3.57. The number of hydrogen-bond donors (Lipinski definition) is 1. The fourth-order valence-corrected chi connectivity index (χ4v) is 2.43. The highest BCUT2D eigenvalue weighted by Gasteiger charge is 2.48. The van der Waals surface area contributed by atoms with Gasteiger partial charge in [0.2, 0.25) is 0 Å². The second-order valence-electron chi connectivity index (χ2n) is 5.15. The van der Waals surface area contributed by atoms with Crippen molar-refractivity contribution in [2.75, 3.05) is 20.3 Å². The number of nitrogens with zero attached hydrogens (tertiary/aromatic N) is 1. The quantitative estimate of drug-likeness (QED) is 0.767. The Bertz CT molecular complexity index is 254. The van der Waals surface area contributed by atoms with Crippen LogP contribution in [0.1, 0.15) is 26.7 Å². The molecule has 0 aromatic carbocycles. The van der Waals surface area contributed by atoms with Gasteiger partial charge in [0.15, 0.2) is 0 Å². The first-order valence-electron chi connectivity index (χ1n) is 6.36. The van der Waals surface area contributed by atoms with Crippen molar-refractivity contribution in [1.29, 1.82) is 0 Å². The fraction of sp³-hybridized carbons (Fsp3) is 1.00. The first-order chi connectivity index (χ1) is 8.29. The van der Waals surface area contributed by atoms with Gasteiger partial charge in [0, 0.05) is 25.7 Å². The largest absolute Gasteiger partial charge is 0.405 e. The van der Waals surface area contributed by atoms with E-state index in [0.29, 0.717) is 5.92 Å². The molecule has 1 fully saturated rings. The molecule has 0 saturated heterocycles. The van der Waals surface area contributed by atoms with Gasteiger partial charge >= 0.3 is 6.18 Å². The van der Waals surface area contributed by atoms with Gasteiger partial charge < -0.3 is 10.5 Å². The lowest BCUT2D eigenvalue weighted by Gasteiger charge is -2.39. The van der Waals surface area contributed by atoms with Gasteiger partial charge in [-0.05, 0) is 32.6 Å². The van der Waals surface area contributed by atoms with Crippen LogP contribution >= 0.6 is 0 Å². The number of hydrogen-bond acceptors (Lipinski definition) is 3. The average molecular weight is 268 g/mol. The molecule has 0 aliphatic heterocycles. The summed E-state index contributed by atoms with van der Waals surface area (Å²) in [5, 5.41) is 0. The molecular formula is C12H23F3N2O. The molecule has 3 nitrogen and oxygen atoms in total.